The van der Waals surface area contributed by atoms with Crippen LogP contribution >= 0.6 is 11.3 Å². The van der Waals surface area contributed by atoms with Crippen LogP contribution in [0.3, 0.4) is 0 Å². The van der Waals surface area contributed by atoms with E-state index >= 15 is 0 Å². The van der Waals surface area contributed by atoms with E-state index in [1.807, 2.05) is 25.1 Å². The molecule has 1 atom stereocenters. The maximum Gasteiger partial charge on any atom is 0.212 e. The van der Waals surface area contributed by atoms with Gasteiger partial charge in [-0.25, -0.2) is 4.98 Å². The van der Waals surface area contributed by atoms with E-state index in [0.29, 0.717) is 11.3 Å². The van der Waals surface area contributed by atoms with Crippen molar-refractivity contribution in [1.29, 1.82) is 0 Å². The molecular weight excluding hydrogens is 270 g/mol. The maximum absolute atomic E-state index is 12.6. The third-order valence-electron chi connectivity index (χ3n) is 3.07. The minimum Gasteiger partial charge on any atom is -0.322 e. The molecular formula is C15H13N3OS. The maximum atomic E-state index is 12.6. The number of hydrogen-bond acceptors (Lipinski definition) is 5. The smallest absolute Gasteiger partial charge is 0.212 e. The van der Waals surface area contributed by atoms with E-state index in [9.17, 15) is 4.79 Å². The summed E-state index contributed by atoms with van der Waals surface area (Å²) < 4.78 is 0. The summed E-state index contributed by atoms with van der Waals surface area (Å²) in [5.41, 5.74) is 6.85. The Morgan fingerprint density at radius 3 is 2.95 bits per heavy atom. The molecule has 0 aliphatic heterocycles. The summed E-state index contributed by atoms with van der Waals surface area (Å²) in [5, 5.41) is 4.37. The zero-order valence-corrected chi connectivity index (χ0v) is 11.7. The molecule has 2 N–H and O–H groups in total. The van der Waals surface area contributed by atoms with Crippen molar-refractivity contribution in [3.8, 4) is 0 Å². The van der Waals surface area contributed by atoms with E-state index in [-0.39, 0.29) is 11.8 Å². The number of carbonyl (C=O) groups excluding carboxylic acids is 1. The van der Waals surface area contributed by atoms with Crippen molar-refractivity contribution in [3.63, 3.8) is 0 Å². The molecule has 4 nitrogen and oxygen atoms in total. The number of ketones is 1. The monoisotopic (exact) mass is 283 g/mol. The van der Waals surface area contributed by atoms with E-state index in [2.05, 4.69) is 9.97 Å². The van der Waals surface area contributed by atoms with Crippen molar-refractivity contribution in [2.75, 3.05) is 0 Å². The third kappa shape index (κ3) is 2.21. The zero-order chi connectivity index (χ0) is 14.1. The lowest BCUT2D eigenvalue weighted by atomic mass is 10.0. The van der Waals surface area contributed by atoms with Crippen LogP contribution < -0.4 is 5.73 Å². The lowest BCUT2D eigenvalue weighted by Crippen LogP contribution is -2.07. The Balaban J connectivity index is 2.08. The number of rotatable bonds is 3. The molecule has 0 radical (unpaired) electrons. The van der Waals surface area contributed by atoms with E-state index in [1.54, 1.807) is 23.8 Å². The highest BCUT2D eigenvalue weighted by atomic mass is 32.1. The van der Waals surface area contributed by atoms with Crippen LogP contribution in [-0.4, -0.2) is 15.8 Å². The number of aromatic nitrogens is 2. The number of hydrogen-bond donors (Lipinski definition) is 1. The largest absolute Gasteiger partial charge is 0.322 e. The fourth-order valence-electron chi connectivity index (χ4n) is 2.05. The fraction of sp³-hybridized carbons (Fsp3) is 0.133. The SMILES string of the molecule is CC(N)c1nc(C(=O)c2cccc3ccncc23)cs1. The second-order valence-corrected chi connectivity index (χ2v) is 5.48. The van der Waals surface area contributed by atoms with Crippen LogP contribution in [0.2, 0.25) is 0 Å². The Kier molecular flexibility index (Phi) is 3.30. The van der Waals surface area contributed by atoms with Crippen LogP contribution in [0.5, 0.6) is 0 Å². The van der Waals surface area contributed by atoms with E-state index in [0.717, 1.165) is 15.8 Å². The molecule has 0 spiro atoms. The summed E-state index contributed by atoms with van der Waals surface area (Å²) in [5.74, 6) is -0.0910. The predicted octanol–water partition coefficient (Wildman–Crippen LogP) is 2.94. The van der Waals surface area contributed by atoms with Gasteiger partial charge in [-0.3, -0.25) is 9.78 Å². The highest BCUT2D eigenvalue weighted by Crippen LogP contribution is 2.22. The molecule has 3 rings (SSSR count). The van der Waals surface area contributed by atoms with Gasteiger partial charge in [0.2, 0.25) is 5.78 Å². The fourth-order valence-corrected chi connectivity index (χ4v) is 2.81. The first-order valence-electron chi connectivity index (χ1n) is 6.25. The molecule has 3 aromatic rings. The van der Waals surface area contributed by atoms with Crippen LogP contribution in [0.25, 0.3) is 10.8 Å². The molecule has 100 valence electrons. The highest BCUT2D eigenvalue weighted by molar-refractivity contribution is 7.09. The molecule has 0 aliphatic rings. The van der Waals surface area contributed by atoms with Gasteiger partial charge >= 0.3 is 0 Å². The number of carbonyl (C=O) groups is 1. The van der Waals surface area contributed by atoms with E-state index < -0.39 is 0 Å². The van der Waals surface area contributed by atoms with E-state index in [4.69, 9.17) is 5.73 Å². The molecule has 0 aliphatic carbocycles. The van der Waals surface area contributed by atoms with Gasteiger partial charge in [-0.15, -0.1) is 11.3 Å². The topological polar surface area (TPSA) is 68.9 Å². The molecule has 5 heteroatoms. The molecule has 20 heavy (non-hydrogen) atoms. The molecule has 1 unspecified atom stereocenters. The molecule has 0 saturated heterocycles. The van der Waals surface area contributed by atoms with Gasteiger partial charge < -0.3 is 5.73 Å². The van der Waals surface area contributed by atoms with E-state index in [1.165, 1.54) is 11.3 Å². The van der Waals surface area contributed by atoms with Gasteiger partial charge in [0.15, 0.2) is 0 Å². The average Bonchev–Trinajstić information content (AvgIpc) is 2.96. The van der Waals surface area contributed by atoms with Crippen LogP contribution in [-0.2, 0) is 0 Å². The van der Waals surface area contributed by atoms with Crippen molar-refractivity contribution in [3.05, 3.63) is 58.3 Å². The minimum atomic E-state index is -0.157. The van der Waals surface area contributed by atoms with Crippen molar-refractivity contribution in [2.24, 2.45) is 5.73 Å². The Labute approximate surface area is 120 Å². The number of pyridine rings is 1. The normalized spacial score (nSPS) is 12.5. The Morgan fingerprint density at radius 2 is 2.20 bits per heavy atom. The first-order chi connectivity index (χ1) is 9.66. The van der Waals surface area contributed by atoms with Gasteiger partial charge in [-0.1, -0.05) is 18.2 Å². The molecule has 2 heterocycles. The quantitative estimate of drug-likeness (QED) is 0.750. The average molecular weight is 283 g/mol. The number of thiazole rings is 1. The Bertz CT molecular complexity index is 774. The molecule has 0 fully saturated rings. The van der Waals surface area contributed by atoms with Crippen molar-refractivity contribution in [2.45, 2.75) is 13.0 Å². The van der Waals surface area contributed by atoms with Crippen LogP contribution in [0.15, 0.2) is 42.0 Å². The van der Waals surface area contributed by atoms with Crippen molar-refractivity contribution in [1.82, 2.24) is 9.97 Å². The molecule has 2 aromatic heterocycles. The van der Waals surface area contributed by atoms with Gasteiger partial charge in [-0.2, -0.15) is 0 Å². The van der Waals surface area contributed by atoms with Crippen LogP contribution in [0.1, 0.15) is 34.0 Å². The number of nitrogens with zero attached hydrogens (tertiary/aromatic N) is 2. The van der Waals surface area contributed by atoms with Gasteiger partial charge in [0.25, 0.3) is 0 Å². The third-order valence-corrected chi connectivity index (χ3v) is 4.12. The zero-order valence-electron chi connectivity index (χ0n) is 10.9. The number of fused-ring (bicyclic) bond motifs is 1. The second-order valence-electron chi connectivity index (χ2n) is 4.59. The Hall–Kier alpha value is -2.11. The highest BCUT2D eigenvalue weighted by Gasteiger charge is 2.16. The number of benzene rings is 1. The molecule has 0 saturated carbocycles. The van der Waals surface area contributed by atoms with Crippen LogP contribution in [0.4, 0.5) is 0 Å². The lowest BCUT2D eigenvalue weighted by Gasteiger charge is -2.03. The standard InChI is InChI=1S/C15H13N3OS/c1-9(16)15-18-13(8-20-15)14(19)11-4-2-3-10-5-6-17-7-12(10)11/h2-9H,16H2,1H3. The van der Waals surface area contributed by atoms with Crippen molar-refractivity contribution < 1.29 is 4.79 Å². The van der Waals surface area contributed by atoms with Crippen LogP contribution in [0, 0.1) is 0 Å². The first-order valence-corrected chi connectivity index (χ1v) is 7.13. The Morgan fingerprint density at radius 1 is 1.35 bits per heavy atom. The van der Waals surface area contributed by atoms with Gasteiger partial charge in [0.05, 0.1) is 6.04 Å². The summed E-state index contributed by atoms with van der Waals surface area (Å²) in [7, 11) is 0. The molecule has 0 amide bonds. The predicted molar refractivity (Wildman–Crippen MR) is 79.9 cm³/mol. The summed E-state index contributed by atoms with van der Waals surface area (Å²) in [6.45, 7) is 1.86. The minimum absolute atomic E-state index is 0.0910. The summed E-state index contributed by atoms with van der Waals surface area (Å²) >= 11 is 1.41. The lowest BCUT2D eigenvalue weighted by molar-refractivity contribution is 0.103. The molecule has 0 bridgehead atoms. The molecule has 1 aromatic carbocycles. The summed E-state index contributed by atoms with van der Waals surface area (Å²) in [6, 6.07) is 7.37. The first kappa shape index (κ1) is 12.9. The van der Waals surface area contributed by atoms with Gasteiger partial charge in [0.1, 0.15) is 10.7 Å². The van der Waals surface area contributed by atoms with Gasteiger partial charge in [0, 0.05) is 28.7 Å². The van der Waals surface area contributed by atoms with Crippen molar-refractivity contribution >= 4 is 27.9 Å². The summed E-state index contributed by atoms with van der Waals surface area (Å²) in [6.07, 6.45) is 3.43. The summed E-state index contributed by atoms with van der Waals surface area (Å²) in [4.78, 5) is 21.0. The second kappa shape index (κ2) is 5.11. The van der Waals surface area contributed by atoms with Gasteiger partial charge in [-0.05, 0) is 18.4 Å². The number of nitrogens with two attached hydrogens (primary N) is 1.